The minimum absolute atomic E-state index is 0.0460. The number of fused-ring (bicyclic) bond motifs is 1. The van der Waals surface area contributed by atoms with Gasteiger partial charge in [-0.15, -0.1) is 0 Å². The van der Waals surface area contributed by atoms with Crippen LogP contribution in [-0.2, 0) is 11.5 Å². The third-order valence-corrected chi connectivity index (χ3v) is 7.68. The molecule has 0 saturated carbocycles. The molecule has 200 valence electrons. The van der Waals surface area contributed by atoms with E-state index in [0.29, 0.717) is 31.4 Å². The van der Waals surface area contributed by atoms with Gasteiger partial charge < -0.3 is 14.9 Å². The Labute approximate surface area is 216 Å². The second-order valence-corrected chi connectivity index (χ2v) is 15.8. The molecular weight excluding hydrogens is 495 g/mol. The van der Waals surface area contributed by atoms with Gasteiger partial charge in [0.25, 0.3) is 11.5 Å². The van der Waals surface area contributed by atoms with Gasteiger partial charge in [-0.3, -0.25) is 19.2 Å². The van der Waals surface area contributed by atoms with Crippen LogP contribution >= 0.6 is 0 Å². The second-order valence-electron chi connectivity index (χ2n) is 10.1. The largest absolute Gasteiger partial charge is 0.506 e. The standard InChI is InChI=1S/C26H35FN4O5Si/c1-37(2,3)16-15-36-17-30-20-11-8-12-21(33)24(20)29-23(26(30)35)18-9-7-10-19(22(18)27)25(34)31(28)13-5-4-6-14-32/h7-12,32-33H,4-6,13-17,28H2,1-3H3. The van der Waals surface area contributed by atoms with Crippen molar-refractivity contribution in [3.8, 4) is 17.0 Å². The minimum Gasteiger partial charge on any atom is -0.506 e. The number of nitrogens with zero attached hydrogens (tertiary/aromatic N) is 3. The number of aliphatic hydroxyl groups is 1. The van der Waals surface area contributed by atoms with Crippen molar-refractivity contribution in [3.63, 3.8) is 0 Å². The van der Waals surface area contributed by atoms with E-state index in [4.69, 9.17) is 15.7 Å². The summed E-state index contributed by atoms with van der Waals surface area (Å²) in [5.41, 5.74) is -0.856. The van der Waals surface area contributed by atoms with Gasteiger partial charge in [0, 0.05) is 33.4 Å². The van der Waals surface area contributed by atoms with Crippen LogP contribution in [0, 0.1) is 5.82 Å². The topological polar surface area (TPSA) is 131 Å². The Balaban J connectivity index is 2.00. The first-order valence-electron chi connectivity index (χ1n) is 12.3. The quantitative estimate of drug-likeness (QED) is 0.107. The van der Waals surface area contributed by atoms with E-state index in [1.807, 2.05) is 0 Å². The van der Waals surface area contributed by atoms with Crippen LogP contribution in [0.4, 0.5) is 4.39 Å². The summed E-state index contributed by atoms with van der Waals surface area (Å²) in [6, 6.07) is 9.67. The predicted octanol–water partition coefficient (Wildman–Crippen LogP) is 3.70. The highest BCUT2D eigenvalue weighted by Crippen LogP contribution is 2.27. The van der Waals surface area contributed by atoms with Gasteiger partial charge in [0.05, 0.1) is 11.1 Å². The monoisotopic (exact) mass is 530 g/mol. The summed E-state index contributed by atoms with van der Waals surface area (Å²) in [5, 5.41) is 20.3. The fraction of sp³-hybridized carbons (Fsp3) is 0.423. The van der Waals surface area contributed by atoms with Crippen LogP contribution in [0.5, 0.6) is 5.75 Å². The number of carbonyl (C=O) groups is 1. The number of benzene rings is 2. The zero-order chi connectivity index (χ0) is 27.2. The number of carbonyl (C=O) groups excluding carboxylic acids is 1. The van der Waals surface area contributed by atoms with Gasteiger partial charge in [-0.25, -0.2) is 15.2 Å². The van der Waals surface area contributed by atoms with E-state index in [9.17, 15) is 14.7 Å². The molecule has 0 unspecified atom stereocenters. The molecule has 0 saturated heterocycles. The van der Waals surface area contributed by atoms with Gasteiger partial charge in [0.2, 0.25) is 0 Å². The minimum atomic E-state index is -1.35. The summed E-state index contributed by atoms with van der Waals surface area (Å²) in [6.45, 7) is 7.25. The Morgan fingerprint density at radius 3 is 2.59 bits per heavy atom. The first-order valence-corrected chi connectivity index (χ1v) is 16.0. The molecule has 0 bridgehead atoms. The molecule has 37 heavy (non-hydrogen) atoms. The van der Waals surface area contributed by atoms with Crippen LogP contribution in [0.1, 0.15) is 29.6 Å². The normalized spacial score (nSPS) is 11.7. The second kappa shape index (κ2) is 12.4. The summed E-state index contributed by atoms with van der Waals surface area (Å²) in [4.78, 5) is 30.6. The Hall–Kier alpha value is -3.12. The molecule has 0 fully saturated rings. The van der Waals surface area contributed by atoms with E-state index in [2.05, 4.69) is 24.6 Å². The fourth-order valence-corrected chi connectivity index (χ4v) is 4.55. The van der Waals surface area contributed by atoms with Gasteiger partial charge in [-0.05, 0) is 49.6 Å². The molecule has 0 radical (unpaired) electrons. The summed E-state index contributed by atoms with van der Waals surface area (Å²) < 4.78 is 22.8. The van der Waals surface area contributed by atoms with E-state index in [0.717, 1.165) is 11.1 Å². The Bertz CT molecular complexity index is 1310. The summed E-state index contributed by atoms with van der Waals surface area (Å²) >= 11 is 0. The molecule has 3 aromatic rings. The van der Waals surface area contributed by atoms with Gasteiger partial charge in [0.15, 0.2) is 0 Å². The molecule has 11 heteroatoms. The van der Waals surface area contributed by atoms with Crippen LogP contribution in [0.2, 0.25) is 25.7 Å². The smallest absolute Gasteiger partial charge is 0.279 e. The zero-order valence-electron chi connectivity index (χ0n) is 21.5. The van der Waals surface area contributed by atoms with Crippen LogP contribution in [0.15, 0.2) is 41.2 Å². The lowest BCUT2D eigenvalue weighted by Gasteiger charge is -2.18. The maximum Gasteiger partial charge on any atom is 0.279 e. The molecule has 0 spiro atoms. The Morgan fingerprint density at radius 2 is 1.89 bits per heavy atom. The van der Waals surface area contributed by atoms with Gasteiger partial charge in [0.1, 0.15) is 29.5 Å². The van der Waals surface area contributed by atoms with Crippen molar-refractivity contribution in [2.75, 3.05) is 19.8 Å². The molecule has 1 heterocycles. The van der Waals surface area contributed by atoms with Crippen molar-refractivity contribution in [3.05, 3.63) is 58.1 Å². The van der Waals surface area contributed by atoms with Crippen molar-refractivity contribution in [2.45, 2.75) is 51.7 Å². The zero-order valence-corrected chi connectivity index (χ0v) is 22.5. The number of hydrogen-bond acceptors (Lipinski definition) is 7. The number of aromatic hydroxyl groups is 1. The maximum atomic E-state index is 15.6. The number of ether oxygens (including phenoxy) is 1. The molecule has 3 rings (SSSR count). The molecule has 0 aliphatic heterocycles. The number of hydrazine groups is 1. The number of amides is 1. The third-order valence-electron chi connectivity index (χ3n) is 5.97. The van der Waals surface area contributed by atoms with Gasteiger partial charge in [-0.1, -0.05) is 31.8 Å². The average molecular weight is 531 g/mol. The van der Waals surface area contributed by atoms with Crippen molar-refractivity contribution >= 4 is 25.0 Å². The van der Waals surface area contributed by atoms with E-state index < -0.39 is 25.4 Å². The third kappa shape index (κ3) is 7.01. The molecule has 0 atom stereocenters. The molecular formula is C26H35FN4O5Si. The number of halogens is 1. The summed E-state index contributed by atoms with van der Waals surface area (Å²) in [7, 11) is -1.35. The highest BCUT2D eigenvalue weighted by molar-refractivity contribution is 6.76. The fourth-order valence-electron chi connectivity index (χ4n) is 3.79. The maximum absolute atomic E-state index is 15.6. The Morgan fingerprint density at radius 1 is 1.16 bits per heavy atom. The number of hydrogen-bond donors (Lipinski definition) is 3. The molecule has 9 nitrogen and oxygen atoms in total. The first-order chi connectivity index (χ1) is 17.5. The first kappa shape index (κ1) is 28.4. The number of rotatable bonds is 12. The highest BCUT2D eigenvalue weighted by Gasteiger charge is 2.23. The van der Waals surface area contributed by atoms with E-state index in [-0.39, 0.29) is 48.0 Å². The van der Waals surface area contributed by atoms with Gasteiger partial charge >= 0.3 is 0 Å². The molecule has 2 aromatic carbocycles. The van der Waals surface area contributed by atoms with E-state index >= 15 is 4.39 Å². The molecule has 0 aliphatic carbocycles. The van der Waals surface area contributed by atoms with E-state index in [1.165, 1.54) is 28.8 Å². The van der Waals surface area contributed by atoms with Gasteiger partial charge in [-0.2, -0.15) is 0 Å². The average Bonchev–Trinajstić information content (AvgIpc) is 2.85. The van der Waals surface area contributed by atoms with Crippen molar-refractivity contribution in [2.24, 2.45) is 5.84 Å². The van der Waals surface area contributed by atoms with Crippen LogP contribution in [0.25, 0.3) is 22.3 Å². The SMILES string of the molecule is C[Si](C)(C)CCOCn1c(=O)c(-c2cccc(C(=O)N(N)CCCCCO)c2F)nc2c(O)cccc21. The lowest BCUT2D eigenvalue weighted by atomic mass is 10.1. The number of para-hydroxylation sites is 1. The van der Waals surface area contributed by atoms with Crippen LogP contribution in [0.3, 0.4) is 0 Å². The molecule has 1 amide bonds. The van der Waals surface area contributed by atoms with Crippen molar-refractivity contribution in [1.82, 2.24) is 14.6 Å². The number of phenolic OH excluding ortho intramolecular Hbond substituents is 1. The number of aromatic nitrogens is 2. The molecule has 0 aliphatic rings. The number of unbranched alkanes of at least 4 members (excludes halogenated alkanes) is 2. The lowest BCUT2D eigenvalue weighted by Crippen LogP contribution is -2.38. The Kier molecular flexibility index (Phi) is 9.54. The number of nitrogens with two attached hydrogens (primary N) is 1. The van der Waals surface area contributed by atoms with E-state index in [1.54, 1.807) is 12.1 Å². The van der Waals surface area contributed by atoms with Crippen LogP contribution < -0.4 is 11.4 Å². The predicted molar refractivity (Wildman–Crippen MR) is 143 cm³/mol. The number of phenols is 1. The van der Waals surface area contributed by atoms with Crippen LogP contribution in [-0.4, -0.2) is 58.5 Å². The van der Waals surface area contributed by atoms with Crippen molar-refractivity contribution < 1.29 is 24.1 Å². The summed E-state index contributed by atoms with van der Waals surface area (Å²) in [5.74, 6) is 4.03. The molecule has 1 aromatic heterocycles. The van der Waals surface area contributed by atoms with Crippen molar-refractivity contribution in [1.29, 1.82) is 0 Å². The highest BCUT2D eigenvalue weighted by atomic mass is 28.3. The molecule has 4 N–H and O–H groups in total. The number of aliphatic hydroxyl groups excluding tert-OH is 1. The summed E-state index contributed by atoms with van der Waals surface area (Å²) in [6.07, 6.45) is 1.81. The lowest BCUT2D eigenvalue weighted by molar-refractivity contribution is 0.0747.